The fourth-order valence-electron chi connectivity index (χ4n) is 2.55. The molecule has 0 bridgehead atoms. The summed E-state index contributed by atoms with van der Waals surface area (Å²) in [6.07, 6.45) is 6.71. The lowest BCUT2D eigenvalue weighted by atomic mass is 9.99. The van der Waals surface area contributed by atoms with Crippen molar-refractivity contribution in [3.63, 3.8) is 0 Å². The fourth-order valence-corrected chi connectivity index (χ4v) is 2.55. The van der Waals surface area contributed by atoms with Crippen molar-refractivity contribution in [2.24, 2.45) is 0 Å². The minimum atomic E-state index is 0.932. The number of allylic oxidation sites excluding steroid dienone is 1. The SMILES string of the molecule is N=Cc1ccc(/C=C/Cc2ccccc2)c2ccccc12. The van der Waals surface area contributed by atoms with E-state index in [1.54, 1.807) is 0 Å². The molecule has 1 heteroatoms. The molecule has 3 rings (SSSR count). The average Bonchev–Trinajstić information content (AvgIpc) is 2.56. The Kier molecular flexibility index (Phi) is 3.92. The number of benzene rings is 3. The van der Waals surface area contributed by atoms with E-state index >= 15 is 0 Å². The van der Waals surface area contributed by atoms with Crippen LogP contribution in [0.4, 0.5) is 0 Å². The maximum Gasteiger partial charge on any atom is 0.0256 e. The number of rotatable bonds is 4. The monoisotopic (exact) mass is 271 g/mol. The van der Waals surface area contributed by atoms with Crippen molar-refractivity contribution < 1.29 is 0 Å². The van der Waals surface area contributed by atoms with Gasteiger partial charge in [0.2, 0.25) is 0 Å². The number of fused-ring (bicyclic) bond motifs is 1. The van der Waals surface area contributed by atoms with Crippen LogP contribution in [0.3, 0.4) is 0 Å². The zero-order valence-corrected chi connectivity index (χ0v) is 11.8. The van der Waals surface area contributed by atoms with E-state index in [9.17, 15) is 0 Å². The minimum Gasteiger partial charge on any atom is -0.308 e. The van der Waals surface area contributed by atoms with Crippen LogP contribution in [0, 0.1) is 5.41 Å². The standard InChI is InChI=1S/C20H17N/c21-15-18-14-13-17(19-11-4-5-12-20(18)19)10-6-9-16-7-2-1-3-8-16/h1-8,10-15,21H,9H2/b10-6+,21-15?. The first-order valence-electron chi connectivity index (χ1n) is 7.11. The van der Waals surface area contributed by atoms with Gasteiger partial charge in [-0.2, -0.15) is 0 Å². The molecule has 3 aromatic carbocycles. The van der Waals surface area contributed by atoms with E-state index in [1.165, 1.54) is 22.7 Å². The summed E-state index contributed by atoms with van der Waals surface area (Å²) < 4.78 is 0. The van der Waals surface area contributed by atoms with Crippen LogP contribution in [0.2, 0.25) is 0 Å². The zero-order valence-electron chi connectivity index (χ0n) is 11.8. The number of hydrogen-bond acceptors (Lipinski definition) is 1. The molecular formula is C20H17N. The van der Waals surface area contributed by atoms with Crippen molar-refractivity contribution in [3.8, 4) is 0 Å². The van der Waals surface area contributed by atoms with Crippen LogP contribution in [-0.2, 0) is 6.42 Å². The van der Waals surface area contributed by atoms with Gasteiger partial charge in [0.05, 0.1) is 0 Å². The van der Waals surface area contributed by atoms with Crippen molar-refractivity contribution in [1.29, 1.82) is 5.41 Å². The van der Waals surface area contributed by atoms with Crippen molar-refractivity contribution in [1.82, 2.24) is 0 Å². The molecule has 0 aliphatic carbocycles. The first-order chi connectivity index (χ1) is 10.4. The Labute approximate surface area is 125 Å². The molecule has 0 unspecified atom stereocenters. The number of nitrogens with one attached hydrogen (secondary N) is 1. The molecule has 0 fully saturated rings. The molecule has 0 amide bonds. The summed E-state index contributed by atoms with van der Waals surface area (Å²) in [6.45, 7) is 0. The lowest BCUT2D eigenvalue weighted by Gasteiger charge is -2.05. The second kappa shape index (κ2) is 6.19. The van der Waals surface area contributed by atoms with Crippen LogP contribution in [0.15, 0.2) is 72.8 Å². The highest BCUT2D eigenvalue weighted by molar-refractivity contribution is 6.02. The van der Waals surface area contributed by atoms with Gasteiger partial charge >= 0.3 is 0 Å². The summed E-state index contributed by atoms with van der Waals surface area (Å²) in [5, 5.41) is 9.83. The van der Waals surface area contributed by atoms with Crippen LogP contribution in [0.1, 0.15) is 16.7 Å². The molecule has 0 radical (unpaired) electrons. The molecule has 1 nitrogen and oxygen atoms in total. The van der Waals surface area contributed by atoms with E-state index < -0.39 is 0 Å². The highest BCUT2D eigenvalue weighted by Gasteiger charge is 2.01. The van der Waals surface area contributed by atoms with Crippen molar-refractivity contribution in [2.75, 3.05) is 0 Å². The average molecular weight is 271 g/mol. The molecule has 0 atom stereocenters. The Morgan fingerprint density at radius 2 is 1.33 bits per heavy atom. The van der Waals surface area contributed by atoms with E-state index in [-0.39, 0.29) is 0 Å². The predicted octanol–water partition coefficient (Wildman–Crippen LogP) is 5.09. The van der Waals surface area contributed by atoms with Crippen molar-refractivity contribution in [2.45, 2.75) is 6.42 Å². The second-order valence-electron chi connectivity index (χ2n) is 5.03. The van der Waals surface area contributed by atoms with Crippen LogP contribution in [0.5, 0.6) is 0 Å². The van der Waals surface area contributed by atoms with Gasteiger partial charge in [-0.15, -0.1) is 0 Å². The fraction of sp³-hybridized carbons (Fsp3) is 0.0500. The summed E-state index contributed by atoms with van der Waals surface area (Å²) in [5.41, 5.74) is 3.48. The normalized spacial score (nSPS) is 11.0. The summed E-state index contributed by atoms with van der Waals surface area (Å²) in [7, 11) is 0. The molecule has 1 N–H and O–H groups in total. The van der Waals surface area contributed by atoms with Crippen LogP contribution in [0.25, 0.3) is 16.8 Å². The van der Waals surface area contributed by atoms with E-state index in [4.69, 9.17) is 5.41 Å². The number of hydrogen-bond donors (Lipinski definition) is 1. The first kappa shape index (κ1) is 13.3. The molecule has 0 aromatic heterocycles. The molecule has 0 aliphatic heterocycles. The van der Waals surface area contributed by atoms with Crippen molar-refractivity contribution >= 4 is 23.1 Å². The van der Waals surface area contributed by atoms with Gasteiger partial charge in [0, 0.05) is 6.21 Å². The van der Waals surface area contributed by atoms with Gasteiger partial charge in [0.25, 0.3) is 0 Å². The third-order valence-corrected chi connectivity index (χ3v) is 3.64. The van der Waals surface area contributed by atoms with E-state index in [0.29, 0.717) is 0 Å². The third kappa shape index (κ3) is 2.92. The van der Waals surface area contributed by atoms with E-state index in [2.05, 4.69) is 54.6 Å². The molecule has 0 spiro atoms. The summed E-state index contributed by atoms with van der Waals surface area (Å²) in [6, 6.07) is 22.8. The molecular weight excluding hydrogens is 254 g/mol. The van der Waals surface area contributed by atoms with Crippen LogP contribution < -0.4 is 0 Å². The van der Waals surface area contributed by atoms with E-state index in [0.717, 1.165) is 17.4 Å². The van der Waals surface area contributed by atoms with Gasteiger partial charge in [-0.1, -0.05) is 78.9 Å². The Morgan fingerprint density at radius 1 is 0.714 bits per heavy atom. The lowest BCUT2D eigenvalue weighted by molar-refractivity contribution is 1.28. The smallest absolute Gasteiger partial charge is 0.0256 e. The van der Waals surface area contributed by atoms with Gasteiger partial charge in [0.1, 0.15) is 0 Å². The topological polar surface area (TPSA) is 23.9 Å². The summed E-state index contributed by atoms with van der Waals surface area (Å²) in [5.74, 6) is 0. The molecule has 102 valence electrons. The minimum absolute atomic E-state index is 0.932. The first-order valence-corrected chi connectivity index (χ1v) is 7.11. The highest BCUT2D eigenvalue weighted by Crippen LogP contribution is 2.23. The van der Waals surface area contributed by atoms with Crippen LogP contribution >= 0.6 is 0 Å². The van der Waals surface area contributed by atoms with Crippen molar-refractivity contribution in [3.05, 3.63) is 89.5 Å². The maximum atomic E-state index is 7.50. The van der Waals surface area contributed by atoms with Crippen LogP contribution in [-0.4, -0.2) is 6.21 Å². The molecule has 0 saturated carbocycles. The quantitative estimate of drug-likeness (QED) is 0.639. The Bertz CT molecular complexity index is 785. The molecule has 0 saturated heterocycles. The third-order valence-electron chi connectivity index (χ3n) is 3.64. The molecule has 21 heavy (non-hydrogen) atoms. The zero-order chi connectivity index (χ0) is 14.5. The second-order valence-corrected chi connectivity index (χ2v) is 5.03. The lowest BCUT2D eigenvalue weighted by Crippen LogP contribution is -1.86. The summed E-state index contributed by atoms with van der Waals surface area (Å²) >= 11 is 0. The van der Waals surface area contributed by atoms with Gasteiger partial charge < -0.3 is 5.41 Å². The molecule has 0 heterocycles. The van der Waals surface area contributed by atoms with E-state index in [1.807, 2.05) is 24.3 Å². The Balaban J connectivity index is 1.92. The summed E-state index contributed by atoms with van der Waals surface area (Å²) in [4.78, 5) is 0. The predicted molar refractivity (Wildman–Crippen MR) is 91.0 cm³/mol. The Hall–Kier alpha value is -2.67. The Morgan fingerprint density at radius 3 is 2.05 bits per heavy atom. The largest absolute Gasteiger partial charge is 0.308 e. The molecule has 3 aromatic rings. The van der Waals surface area contributed by atoms with Gasteiger partial charge in [0.15, 0.2) is 0 Å². The highest BCUT2D eigenvalue weighted by atomic mass is 14.3. The van der Waals surface area contributed by atoms with Gasteiger partial charge in [-0.05, 0) is 33.9 Å². The van der Waals surface area contributed by atoms with Gasteiger partial charge in [-0.25, -0.2) is 0 Å². The molecule has 0 aliphatic rings. The van der Waals surface area contributed by atoms with Gasteiger partial charge in [-0.3, -0.25) is 0 Å². The maximum absolute atomic E-state index is 7.50.